The zero-order valence-electron chi connectivity index (χ0n) is 17.4. The Labute approximate surface area is 184 Å². The number of hydrogen-bond donors (Lipinski definition) is 2. The van der Waals surface area contributed by atoms with Crippen LogP contribution in [-0.2, 0) is 16.0 Å². The maximum Gasteiger partial charge on any atom is 0.387 e. The third kappa shape index (κ3) is 7.00. The first-order chi connectivity index (χ1) is 14.9. The first-order valence-corrected chi connectivity index (χ1v) is 11.2. The third-order valence-corrected chi connectivity index (χ3v) is 6.36. The third-order valence-electron chi connectivity index (χ3n) is 5.43. The molecule has 1 aromatic carbocycles. The van der Waals surface area contributed by atoms with Gasteiger partial charge in [0.05, 0.1) is 6.04 Å². The van der Waals surface area contributed by atoms with Gasteiger partial charge in [-0.05, 0) is 75.0 Å². The van der Waals surface area contributed by atoms with Gasteiger partial charge in [0.15, 0.2) is 0 Å². The highest BCUT2D eigenvalue weighted by Gasteiger charge is 2.29. The largest absolute Gasteiger partial charge is 0.435 e. The van der Waals surface area contributed by atoms with E-state index in [9.17, 15) is 18.4 Å². The lowest BCUT2D eigenvalue weighted by Gasteiger charge is -2.34. The SMILES string of the molecule is CC(C(=O)Nc1ccc(OC(F)F)cc1)N1CCC(C(=O)NCCc2cccs2)CC1. The van der Waals surface area contributed by atoms with Crippen LogP contribution < -0.4 is 15.4 Å². The van der Waals surface area contributed by atoms with E-state index in [0.717, 1.165) is 6.42 Å². The highest BCUT2D eigenvalue weighted by Crippen LogP contribution is 2.21. The van der Waals surface area contributed by atoms with Gasteiger partial charge >= 0.3 is 6.61 Å². The standard InChI is InChI=1S/C22H27F2N3O3S/c1-15(20(28)26-17-4-6-18(7-5-17)30-22(23)24)27-12-9-16(10-13-27)21(29)25-11-8-19-3-2-14-31-19/h2-7,14-16,22H,8-13H2,1H3,(H,25,29)(H,26,28). The fraction of sp³-hybridized carbons (Fsp3) is 0.455. The first kappa shape index (κ1) is 23.1. The Kier molecular flexibility index (Phi) is 8.36. The van der Waals surface area contributed by atoms with Crippen LogP contribution in [0.5, 0.6) is 5.75 Å². The summed E-state index contributed by atoms with van der Waals surface area (Å²) in [5.74, 6) is -0.0881. The normalized spacial score (nSPS) is 16.1. The van der Waals surface area contributed by atoms with Crippen LogP contribution in [0.4, 0.5) is 14.5 Å². The monoisotopic (exact) mass is 451 g/mol. The molecule has 2 heterocycles. The van der Waals surface area contributed by atoms with E-state index in [1.54, 1.807) is 11.3 Å². The minimum atomic E-state index is -2.88. The molecule has 3 rings (SSSR count). The molecule has 9 heteroatoms. The summed E-state index contributed by atoms with van der Waals surface area (Å²) in [5, 5.41) is 7.84. The zero-order valence-corrected chi connectivity index (χ0v) is 18.2. The summed E-state index contributed by atoms with van der Waals surface area (Å²) < 4.78 is 28.7. The van der Waals surface area contributed by atoms with E-state index in [1.165, 1.54) is 29.1 Å². The van der Waals surface area contributed by atoms with Crippen LogP contribution in [0.3, 0.4) is 0 Å². The minimum absolute atomic E-state index is 0.0303. The quantitative estimate of drug-likeness (QED) is 0.609. The molecule has 0 aliphatic carbocycles. The highest BCUT2D eigenvalue weighted by molar-refractivity contribution is 7.09. The van der Waals surface area contributed by atoms with Gasteiger partial charge in [0.2, 0.25) is 11.8 Å². The number of alkyl halides is 2. The van der Waals surface area contributed by atoms with Gasteiger partial charge in [-0.25, -0.2) is 0 Å². The number of ether oxygens (including phenoxy) is 1. The van der Waals surface area contributed by atoms with E-state index in [0.29, 0.717) is 38.2 Å². The van der Waals surface area contributed by atoms with E-state index < -0.39 is 6.61 Å². The molecule has 1 aliphatic rings. The minimum Gasteiger partial charge on any atom is -0.435 e. The number of likely N-dealkylation sites (tertiary alicyclic amines) is 1. The molecule has 1 fully saturated rings. The highest BCUT2D eigenvalue weighted by atomic mass is 32.1. The molecule has 0 radical (unpaired) electrons. The number of nitrogens with zero attached hydrogens (tertiary/aromatic N) is 1. The van der Waals surface area contributed by atoms with Crippen molar-refractivity contribution in [2.75, 3.05) is 25.0 Å². The molecule has 2 amide bonds. The number of halogens is 2. The van der Waals surface area contributed by atoms with E-state index in [2.05, 4.69) is 26.3 Å². The molecule has 1 atom stereocenters. The van der Waals surface area contributed by atoms with E-state index in [1.807, 2.05) is 18.4 Å². The smallest absolute Gasteiger partial charge is 0.387 e. The Morgan fingerprint density at radius 1 is 1.19 bits per heavy atom. The van der Waals surface area contributed by atoms with E-state index in [-0.39, 0.29) is 29.5 Å². The predicted octanol–water partition coefficient (Wildman–Crippen LogP) is 3.75. The van der Waals surface area contributed by atoms with Gasteiger partial charge in [0, 0.05) is 23.0 Å². The number of rotatable bonds is 9. The van der Waals surface area contributed by atoms with Crippen molar-refractivity contribution in [3.63, 3.8) is 0 Å². The molecule has 6 nitrogen and oxygen atoms in total. The summed E-state index contributed by atoms with van der Waals surface area (Å²) in [6.07, 6.45) is 2.26. The lowest BCUT2D eigenvalue weighted by molar-refractivity contribution is -0.127. The van der Waals surface area contributed by atoms with Crippen LogP contribution in [0, 0.1) is 5.92 Å². The summed E-state index contributed by atoms with van der Waals surface area (Å²) >= 11 is 1.69. The summed E-state index contributed by atoms with van der Waals surface area (Å²) in [6, 6.07) is 9.52. The average Bonchev–Trinajstić information content (AvgIpc) is 3.28. The Bertz CT molecular complexity index is 838. The van der Waals surface area contributed by atoms with Crippen molar-refractivity contribution in [2.24, 2.45) is 5.92 Å². The van der Waals surface area contributed by atoms with Crippen molar-refractivity contribution < 1.29 is 23.1 Å². The Morgan fingerprint density at radius 3 is 2.52 bits per heavy atom. The maximum atomic E-state index is 12.6. The van der Waals surface area contributed by atoms with Crippen LogP contribution in [-0.4, -0.2) is 49.0 Å². The van der Waals surface area contributed by atoms with Gasteiger partial charge in [-0.1, -0.05) is 6.07 Å². The summed E-state index contributed by atoms with van der Waals surface area (Å²) in [4.78, 5) is 28.3. The van der Waals surface area contributed by atoms with Crippen molar-refractivity contribution in [3.05, 3.63) is 46.7 Å². The average molecular weight is 452 g/mol. The number of hydrogen-bond acceptors (Lipinski definition) is 5. The number of amides is 2. The predicted molar refractivity (Wildman–Crippen MR) is 116 cm³/mol. The van der Waals surface area contributed by atoms with Crippen molar-refractivity contribution in [1.29, 1.82) is 0 Å². The van der Waals surface area contributed by atoms with Gasteiger partial charge in [-0.3, -0.25) is 14.5 Å². The van der Waals surface area contributed by atoms with Gasteiger partial charge in [-0.15, -0.1) is 11.3 Å². The Hall–Kier alpha value is -2.52. The van der Waals surface area contributed by atoms with Crippen LogP contribution in [0.1, 0.15) is 24.6 Å². The van der Waals surface area contributed by atoms with Crippen LogP contribution in [0.2, 0.25) is 0 Å². The molecule has 1 aromatic heterocycles. The molecule has 1 saturated heterocycles. The van der Waals surface area contributed by atoms with Crippen LogP contribution >= 0.6 is 11.3 Å². The van der Waals surface area contributed by atoms with E-state index >= 15 is 0 Å². The molecule has 168 valence electrons. The summed E-state index contributed by atoms with van der Waals surface area (Å²) in [5.41, 5.74) is 0.512. The fourth-order valence-corrected chi connectivity index (χ4v) is 4.30. The summed E-state index contributed by atoms with van der Waals surface area (Å²) in [7, 11) is 0. The van der Waals surface area contributed by atoms with Crippen molar-refractivity contribution in [1.82, 2.24) is 10.2 Å². The van der Waals surface area contributed by atoms with Crippen molar-refractivity contribution in [2.45, 2.75) is 38.8 Å². The van der Waals surface area contributed by atoms with Crippen molar-refractivity contribution >= 4 is 28.8 Å². The van der Waals surface area contributed by atoms with Gasteiger partial charge in [0.25, 0.3) is 0 Å². The van der Waals surface area contributed by atoms with Gasteiger partial charge < -0.3 is 15.4 Å². The molecule has 31 heavy (non-hydrogen) atoms. The number of carbonyl (C=O) groups excluding carboxylic acids is 2. The molecule has 2 aromatic rings. The second-order valence-corrected chi connectivity index (χ2v) is 8.53. The molecule has 2 N–H and O–H groups in total. The molecular weight excluding hydrogens is 424 g/mol. The fourth-order valence-electron chi connectivity index (χ4n) is 3.59. The number of thiophene rings is 1. The molecule has 0 bridgehead atoms. The second kappa shape index (κ2) is 11.2. The summed E-state index contributed by atoms with van der Waals surface area (Å²) in [6.45, 7) is 0.911. The molecule has 0 saturated carbocycles. The first-order valence-electron chi connectivity index (χ1n) is 10.3. The van der Waals surface area contributed by atoms with Crippen molar-refractivity contribution in [3.8, 4) is 5.75 Å². The number of piperidine rings is 1. The molecule has 1 unspecified atom stereocenters. The van der Waals surface area contributed by atoms with Crippen LogP contribution in [0.15, 0.2) is 41.8 Å². The number of benzene rings is 1. The molecule has 1 aliphatic heterocycles. The number of anilines is 1. The lowest BCUT2D eigenvalue weighted by atomic mass is 9.95. The zero-order chi connectivity index (χ0) is 22.2. The number of nitrogens with one attached hydrogen (secondary N) is 2. The topological polar surface area (TPSA) is 70.7 Å². The maximum absolute atomic E-state index is 12.6. The second-order valence-electron chi connectivity index (χ2n) is 7.50. The Balaban J connectivity index is 1.40. The Morgan fingerprint density at radius 2 is 1.90 bits per heavy atom. The number of carbonyl (C=O) groups is 2. The van der Waals surface area contributed by atoms with E-state index in [4.69, 9.17) is 0 Å². The lowest BCUT2D eigenvalue weighted by Crippen LogP contribution is -2.48. The molecular formula is C22H27F2N3O3S. The molecule has 0 spiro atoms. The van der Waals surface area contributed by atoms with Gasteiger partial charge in [0.1, 0.15) is 5.75 Å². The van der Waals surface area contributed by atoms with Crippen LogP contribution in [0.25, 0.3) is 0 Å². The van der Waals surface area contributed by atoms with Gasteiger partial charge in [-0.2, -0.15) is 8.78 Å².